The summed E-state index contributed by atoms with van der Waals surface area (Å²) in [6, 6.07) is 16.0. The first-order chi connectivity index (χ1) is 9.38. The molecule has 0 bridgehead atoms. The van der Waals surface area contributed by atoms with E-state index in [1.807, 2.05) is 11.8 Å². The van der Waals surface area contributed by atoms with Crippen molar-refractivity contribution >= 4 is 22.5 Å². The Morgan fingerprint density at radius 3 is 2.84 bits per heavy atom. The number of thioether (sulfide) groups is 1. The van der Waals surface area contributed by atoms with Crippen LogP contribution < -0.4 is 5.32 Å². The predicted molar refractivity (Wildman–Crippen MR) is 85.7 cm³/mol. The van der Waals surface area contributed by atoms with Crippen LogP contribution in [0.1, 0.15) is 24.8 Å². The van der Waals surface area contributed by atoms with Crippen molar-refractivity contribution in [1.29, 1.82) is 0 Å². The largest absolute Gasteiger partial charge is 0.309 e. The molecule has 0 aromatic heterocycles. The molecule has 2 atom stereocenters. The lowest BCUT2D eigenvalue weighted by molar-refractivity contribution is 0.533. The summed E-state index contributed by atoms with van der Waals surface area (Å²) < 4.78 is 0. The first kappa shape index (κ1) is 13.0. The van der Waals surface area contributed by atoms with Gasteiger partial charge in [-0.25, -0.2) is 0 Å². The Hall–Kier alpha value is -0.990. The molecule has 0 amide bonds. The minimum Gasteiger partial charge on any atom is -0.309 e. The fourth-order valence-electron chi connectivity index (χ4n) is 3.13. The highest BCUT2D eigenvalue weighted by molar-refractivity contribution is 7.99. The Morgan fingerprint density at radius 1 is 1.11 bits per heavy atom. The lowest BCUT2D eigenvalue weighted by Gasteiger charge is -2.19. The average molecular weight is 271 g/mol. The molecule has 1 aliphatic rings. The maximum absolute atomic E-state index is 3.77. The lowest BCUT2D eigenvalue weighted by Crippen LogP contribution is -2.33. The molecule has 2 unspecified atom stereocenters. The van der Waals surface area contributed by atoms with Crippen LogP contribution in [0.5, 0.6) is 0 Å². The number of hydrogen-bond donors (Lipinski definition) is 1. The molecule has 1 N–H and O–H groups in total. The fraction of sp³-hybridized carbons (Fsp3) is 0.412. The molecule has 0 radical (unpaired) electrons. The number of hydrogen-bond acceptors (Lipinski definition) is 2. The van der Waals surface area contributed by atoms with E-state index in [1.165, 1.54) is 35.6 Å². The van der Waals surface area contributed by atoms with Gasteiger partial charge >= 0.3 is 0 Å². The zero-order valence-electron chi connectivity index (χ0n) is 11.4. The van der Waals surface area contributed by atoms with Crippen LogP contribution in [0.2, 0.25) is 0 Å². The van der Waals surface area contributed by atoms with Gasteiger partial charge in [0.2, 0.25) is 0 Å². The normalized spacial score (nSPS) is 23.0. The molecule has 2 heteroatoms. The molecule has 19 heavy (non-hydrogen) atoms. The zero-order valence-corrected chi connectivity index (χ0v) is 12.2. The Bertz CT molecular complexity index is 546. The lowest BCUT2D eigenvalue weighted by atomic mass is 10.0. The van der Waals surface area contributed by atoms with Crippen molar-refractivity contribution in [3.05, 3.63) is 48.0 Å². The summed E-state index contributed by atoms with van der Waals surface area (Å²) in [7, 11) is 0. The Kier molecular flexibility index (Phi) is 4.09. The molecule has 100 valence electrons. The van der Waals surface area contributed by atoms with Crippen LogP contribution in [0.4, 0.5) is 0 Å². The maximum Gasteiger partial charge on any atom is 0.0214 e. The quantitative estimate of drug-likeness (QED) is 0.894. The van der Waals surface area contributed by atoms with E-state index >= 15 is 0 Å². The van der Waals surface area contributed by atoms with E-state index in [4.69, 9.17) is 0 Å². The van der Waals surface area contributed by atoms with Crippen molar-refractivity contribution < 1.29 is 0 Å². The fourth-order valence-corrected chi connectivity index (χ4v) is 4.09. The standard InChI is InChI=1S/C17H21NS/c1-19-17-11-5-10-16(17)18-12-14-8-4-7-13-6-2-3-9-15(13)14/h2-4,6-9,16-18H,5,10-12H2,1H3. The minimum absolute atomic E-state index is 0.689. The van der Waals surface area contributed by atoms with Gasteiger partial charge in [0.05, 0.1) is 0 Å². The topological polar surface area (TPSA) is 12.0 Å². The third-order valence-corrected chi connectivity index (χ3v) is 5.36. The molecular formula is C17H21NS. The maximum atomic E-state index is 3.77. The van der Waals surface area contributed by atoms with Crippen molar-refractivity contribution in [3.8, 4) is 0 Å². The second-order valence-corrected chi connectivity index (χ2v) is 6.41. The molecule has 1 aliphatic carbocycles. The molecule has 0 spiro atoms. The second kappa shape index (κ2) is 5.98. The Balaban J connectivity index is 1.75. The highest BCUT2D eigenvalue weighted by Crippen LogP contribution is 2.29. The van der Waals surface area contributed by atoms with E-state index in [0.717, 1.165) is 11.8 Å². The van der Waals surface area contributed by atoms with Gasteiger partial charge in [-0.1, -0.05) is 48.9 Å². The first-order valence-electron chi connectivity index (χ1n) is 7.11. The van der Waals surface area contributed by atoms with Crippen molar-refractivity contribution in [2.45, 2.75) is 37.1 Å². The molecule has 2 aromatic rings. The summed E-state index contributed by atoms with van der Waals surface area (Å²) in [4.78, 5) is 0. The SMILES string of the molecule is CSC1CCCC1NCc1cccc2ccccc12. The monoisotopic (exact) mass is 271 g/mol. The summed E-state index contributed by atoms with van der Waals surface area (Å²) in [6.45, 7) is 0.989. The third-order valence-electron chi connectivity index (χ3n) is 4.19. The van der Waals surface area contributed by atoms with Crippen molar-refractivity contribution in [3.63, 3.8) is 0 Å². The third kappa shape index (κ3) is 2.80. The van der Waals surface area contributed by atoms with E-state index in [1.54, 1.807) is 0 Å². The molecule has 1 nitrogen and oxygen atoms in total. The number of benzene rings is 2. The van der Waals surface area contributed by atoms with Crippen LogP contribution in [0.15, 0.2) is 42.5 Å². The van der Waals surface area contributed by atoms with E-state index < -0.39 is 0 Å². The highest BCUT2D eigenvalue weighted by Gasteiger charge is 2.25. The molecule has 0 saturated heterocycles. The minimum atomic E-state index is 0.689. The van der Waals surface area contributed by atoms with Gasteiger partial charge in [0.1, 0.15) is 0 Å². The van der Waals surface area contributed by atoms with Gasteiger partial charge in [-0.15, -0.1) is 0 Å². The number of nitrogens with one attached hydrogen (secondary N) is 1. The Labute approximate surface area is 119 Å². The summed E-state index contributed by atoms with van der Waals surface area (Å²) in [6.07, 6.45) is 6.31. The van der Waals surface area contributed by atoms with Crippen molar-refractivity contribution in [2.75, 3.05) is 6.26 Å². The van der Waals surface area contributed by atoms with Gasteiger partial charge in [-0.2, -0.15) is 11.8 Å². The molecule has 0 aliphatic heterocycles. The van der Waals surface area contributed by atoms with Crippen LogP contribution in [-0.4, -0.2) is 17.5 Å². The van der Waals surface area contributed by atoms with Gasteiger partial charge in [-0.05, 0) is 35.4 Å². The molecular weight excluding hydrogens is 250 g/mol. The van der Waals surface area contributed by atoms with Crippen LogP contribution in [0, 0.1) is 0 Å². The molecule has 0 heterocycles. The van der Waals surface area contributed by atoms with Gasteiger partial charge in [0, 0.05) is 17.8 Å². The van der Waals surface area contributed by atoms with E-state index in [2.05, 4.69) is 54.0 Å². The van der Waals surface area contributed by atoms with Crippen molar-refractivity contribution in [2.24, 2.45) is 0 Å². The van der Waals surface area contributed by atoms with E-state index in [-0.39, 0.29) is 0 Å². The zero-order chi connectivity index (χ0) is 13.1. The van der Waals surface area contributed by atoms with Crippen molar-refractivity contribution in [1.82, 2.24) is 5.32 Å². The second-order valence-electron chi connectivity index (χ2n) is 5.33. The van der Waals surface area contributed by atoms with Gasteiger partial charge in [0.25, 0.3) is 0 Å². The summed E-state index contributed by atoms with van der Waals surface area (Å²) in [5, 5.41) is 7.30. The molecule has 3 rings (SSSR count). The summed E-state index contributed by atoms with van der Waals surface area (Å²) in [5.41, 5.74) is 1.42. The number of rotatable bonds is 4. The van der Waals surface area contributed by atoms with Gasteiger partial charge in [-0.3, -0.25) is 0 Å². The van der Waals surface area contributed by atoms with Crippen LogP contribution in [-0.2, 0) is 6.54 Å². The van der Waals surface area contributed by atoms with Crippen LogP contribution >= 0.6 is 11.8 Å². The predicted octanol–water partition coefficient (Wildman–Crippen LogP) is 4.21. The van der Waals surface area contributed by atoms with Gasteiger partial charge in [0.15, 0.2) is 0 Å². The molecule has 2 aromatic carbocycles. The molecule has 1 fully saturated rings. The Morgan fingerprint density at radius 2 is 1.95 bits per heavy atom. The van der Waals surface area contributed by atoms with Crippen LogP contribution in [0.25, 0.3) is 10.8 Å². The summed E-state index contributed by atoms with van der Waals surface area (Å²) >= 11 is 2.02. The first-order valence-corrected chi connectivity index (χ1v) is 8.40. The van der Waals surface area contributed by atoms with E-state index in [0.29, 0.717) is 6.04 Å². The van der Waals surface area contributed by atoms with Gasteiger partial charge < -0.3 is 5.32 Å². The highest BCUT2D eigenvalue weighted by atomic mass is 32.2. The van der Waals surface area contributed by atoms with Crippen LogP contribution in [0.3, 0.4) is 0 Å². The average Bonchev–Trinajstić information content (AvgIpc) is 2.92. The smallest absolute Gasteiger partial charge is 0.0214 e. The molecule has 1 saturated carbocycles. The van der Waals surface area contributed by atoms with E-state index in [9.17, 15) is 0 Å². The number of fused-ring (bicyclic) bond motifs is 1. The summed E-state index contributed by atoms with van der Waals surface area (Å²) in [5.74, 6) is 0.